The normalized spacial score (nSPS) is 19.8. The molecule has 0 aliphatic carbocycles. The topological polar surface area (TPSA) is 100 Å². The minimum Gasteiger partial charge on any atom is -0.481 e. The van der Waals surface area contributed by atoms with E-state index in [1.54, 1.807) is 18.2 Å². The van der Waals surface area contributed by atoms with Gasteiger partial charge in [-0.1, -0.05) is 0 Å². The molecule has 3 aliphatic heterocycles. The van der Waals surface area contributed by atoms with E-state index in [2.05, 4.69) is 32.1 Å². The van der Waals surface area contributed by atoms with Crippen molar-refractivity contribution < 1.29 is 19.1 Å². The lowest BCUT2D eigenvalue weighted by Crippen LogP contribution is -2.59. The minimum atomic E-state index is -0.360. The monoisotopic (exact) mass is 506 g/mol. The number of likely N-dealkylation sites (N-methyl/N-ethyl adjacent to an activating group) is 1. The van der Waals surface area contributed by atoms with Gasteiger partial charge in [0.25, 0.3) is 0 Å². The first-order valence-electron chi connectivity index (χ1n) is 11.8. The minimum absolute atomic E-state index is 0.0302. The van der Waals surface area contributed by atoms with Crippen molar-refractivity contribution in [3.63, 3.8) is 0 Å². The highest BCUT2D eigenvalue weighted by atomic mass is 32.2. The van der Waals surface area contributed by atoms with Crippen LogP contribution in [0, 0.1) is 0 Å². The van der Waals surface area contributed by atoms with Gasteiger partial charge in [-0.05, 0) is 37.4 Å². The maximum Gasteiger partial charge on any atom is 0.414 e. The molecule has 2 aromatic heterocycles. The van der Waals surface area contributed by atoms with Crippen LogP contribution < -0.4 is 19.9 Å². The lowest BCUT2D eigenvalue weighted by molar-refractivity contribution is -0.113. The third-order valence-corrected chi connectivity index (χ3v) is 7.92. The number of carbonyl (C=O) groups excluding carboxylic acids is 2. The number of aromatic nitrogens is 2. The van der Waals surface area contributed by atoms with E-state index in [-0.39, 0.29) is 18.1 Å². The van der Waals surface area contributed by atoms with Crippen LogP contribution in [0.25, 0.3) is 11.0 Å². The summed E-state index contributed by atoms with van der Waals surface area (Å²) in [4.78, 5) is 40.6. The molecule has 186 valence electrons. The van der Waals surface area contributed by atoms with E-state index in [1.165, 1.54) is 11.8 Å². The standard InChI is InChI=1S/C25H26N6O4S/c1-29(16-10-30(11-16)20-7-8-26-18-4-6-23(34-2)28-24(18)20)12-17-13-31(25(33)35-17)15-3-5-21-19(9-15)27-22(32)14-36-21/h3-9,16-17H,10-14H2,1-2H3,(H,27,32)/t17-/m1/s1. The highest BCUT2D eigenvalue weighted by molar-refractivity contribution is 8.00. The second kappa shape index (κ2) is 9.14. The maximum absolute atomic E-state index is 12.6. The molecule has 1 atom stereocenters. The zero-order chi connectivity index (χ0) is 24.8. The number of pyridine rings is 2. The fourth-order valence-corrected chi connectivity index (χ4v) is 5.62. The Hall–Kier alpha value is -3.57. The summed E-state index contributed by atoms with van der Waals surface area (Å²) in [6, 6.07) is 11.8. The first-order valence-corrected chi connectivity index (χ1v) is 12.8. The first kappa shape index (κ1) is 22.9. The number of nitrogens with one attached hydrogen (secondary N) is 1. The highest BCUT2D eigenvalue weighted by Crippen LogP contribution is 2.36. The lowest BCUT2D eigenvalue weighted by Gasteiger charge is -2.45. The number of carbonyl (C=O) groups is 2. The van der Waals surface area contributed by atoms with Crippen molar-refractivity contribution in [3.8, 4) is 5.88 Å². The summed E-state index contributed by atoms with van der Waals surface area (Å²) in [7, 11) is 3.67. The molecule has 0 radical (unpaired) electrons. The Morgan fingerprint density at radius 3 is 2.89 bits per heavy atom. The number of fused-ring (bicyclic) bond motifs is 2. The molecule has 3 aliphatic rings. The third kappa shape index (κ3) is 4.18. The van der Waals surface area contributed by atoms with Crippen molar-refractivity contribution in [2.24, 2.45) is 0 Å². The fraction of sp³-hybridized carbons (Fsp3) is 0.360. The second-order valence-electron chi connectivity index (χ2n) is 9.18. The third-order valence-electron chi connectivity index (χ3n) is 6.85. The molecule has 11 heteroatoms. The van der Waals surface area contributed by atoms with Gasteiger partial charge in [0.2, 0.25) is 11.8 Å². The van der Waals surface area contributed by atoms with Crippen LogP contribution in [0.2, 0.25) is 0 Å². The Labute approximate surface area is 212 Å². The molecule has 2 saturated heterocycles. The van der Waals surface area contributed by atoms with Gasteiger partial charge in [0.05, 0.1) is 36.3 Å². The van der Waals surface area contributed by atoms with Crippen LogP contribution >= 0.6 is 11.8 Å². The van der Waals surface area contributed by atoms with E-state index >= 15 is 0 Å². The number of amides is 2. The molecule has 5 heterocycles. The van der Waals surface area contributed by atoms with Crippen molar-refractivity contribution in [3.05, 3.63) is 42.6 Å². The van der Waals surface area contributed by atoms with Gasteiger partial charge in [-0.25, -0.2) is 9.78 Å². The van der Waals surface area contributed by atoms with Gasteiger partial charge in [-0.2, -0.15) is 0 Å². The van der Waals surface area contributed by atoms with E-state index in [4.69, 9.17) is 9.47 Å². The zero-order valence-electron chi connectivity index (χ0n) is 20.0. The highest BCUT2D eigenvalue weighted by Gasteiger charge is 2.37. The van der Waals surface area contributed by atoms with Crippen molar-refractivity contribution in [2.75, 3.05) is 61.2 Å². The molecule has 0 saturated carbocycles. The Kier molecular flexibility index (Phi) is 5.81. The zero-order valence-corrected chi connectivity index (χ0v) is 20.8. The van der Waals surface area contributed by atoms with Gasteiger partial charge < -0.3 is 19.7 Å². The first-order chi connectivity index (χ1) is 17.5. The van der Waals surface area contributed by atoms with Crippen LogP contribution in [0.5, 0.6) is 5.88 Å². The summed E-state index contributed by atoms with van der Waals surface area (Å²) in [5.74, 6) is 0.948. The smallest absolute Gasteiger partial charge is 0.414 e. The Morgan fingerprint density at radius 2 is 2.06 bits per heavy atom. The number of ether oxygens (including phenoxy) is 2. The van der Waals surface area contributed by atoms with E-state index in [0.717, 1.165) is 46.1 Å². The largest absolute Gasteiger partial charge is 0.481 e. The van der Waals surface area contributed by atoms with Crippen LogP contribution in [0.15, 0.2) is 47.5 Å². The van der Waals surface area contributed by atoms with Crippen LogP contribution in [-0.4, -0.2) is 85.1 Å². The molecule has 0 spiro atoms. The number of thioether (sulfide) groups is 1. The van der Waals surface area contributed by atoms with Gasteiger partial charge in [0.15, 0.2) is 0 Å². The number of nitrogens with zero attached hydrogens (tertiary/aromatic N) is 5. The van der Waals surface area contributed by atoms with E-state index in [0.29, 0.717) is 30.8 Å². The SMILES string of the molecule is COc1ccc2nccc(N3CC(N(C)C[C@@H]4CN(c5ccc6c(c5)NC(=O)CS6)C(=O)O4)C3)c2n1. The number of hydrogen-bond acceptors (Lipinski definition) is 9. The van der Waals surface area contributed by atoms with Crippen molar-refractivity contribution in [2.45, 2.75) is 17.0 Å². The van der Waals surface area contributed by atoms with E-state index in [9.17, 15) is 9.59 Å². The van der Waals surface area contributed by atoms with Gasteiger partial charge in [0.1, 0.15) is 11.6 Å². The summed E-state index contributed by atoms with van der Waals surface area (Å²) in [6.07, 6.45) is 1.21. The molecule has 2 fully saturated rings. The van der Waals surface area contributed by atoms with E-state index in [1.807, 2.05) is 36.4 Å². The maximum atomic E-state index is 12.6. The molecule has 36 heavy (non-hydrogen) atoms. The Balaban J connectivity index is 1.08. The fourth-order valence-electron chi connectivity index (χ4n) is 4.83. The molecule has 1 aromatic carbocycles. The van der Waals surface area contributed by atoms with Crippen molar-refractivity contribution in [1.29, 1.82) is 0 Å². The molecule has 0 bridgehead atoms. The second-order valence-corrected chi connectivity index (χ2v) is 10.2. The summed E-state index contributed by atoms with van der Waals surface area (Å²) in [6.45, 7) is 2.81. The lowest BCUT2D eigenvalue weighted by atomic mass is 10.1. The van der Waals surface area contributed by atoms with Gasteiger partial charge in [-0.3, -0.25) is 19.6 Å². The van der Waals surface area contributed by atoms with Crippen LogP contribution in [-0.2, 0) is 9.53 Å². The Morgan fingerprint density at radius 1 is 1.19 bits per heavy atom. The number of cyclic esters (lactones) is 1. The van der Waals surface area contributed by atoms with Gasteiger partial charge in [0, 0.05) is 48.5 Å². The van der Waals surface area contributed by atoms with Crippen LogP contribution in [0.4, 0.5) is 21.9 Å². The van der Waals surface area contributed by atoms with Crippen molar-refractivity contribution >= 4 is 51.9 Å². The molecular weight excluding hydrogens is 480 g/mol. The molecule has 10 nitrogen and oxygen atoms in total. The van der Waals surface area contributed by atoms with Crippen LogP contribution in [0.3, 0.4) is 0 Å². The number of rotatable bonds is 6. The van der Waals surface area contributed by atoms with Crippen molar-refractivity contribution in [1.82, 2.24) is 14.9 Å². The average Bonchev–Trinajstić information content (AvgIpc) is 3.22. The predicted octanol–water partition coefficient (Wildman–Crippen LogP) is 2.83. The van der Waals surface area contributed by atoms with Gasteiger partial charge in [-0.15, -0.1) is 11.8 Å². The number of anilines is 3. The molecule has 6 rings (SSSR count). The van der Waals surface area contributed by atoms with Gasteiger partial charge >= 0.3 is 6.09 Å². The summed E-state index contributed by atoms with van der Waals surface area (Å²) >= 11 is 1.50. The van der Waals surface area contributed by atoms with Crippen LogP contribution in [0.1, 0.15) is 0 Å². The Bertz CT molecular complexity index is 1350. The summed E-state index contributed by atoms with van der Waals surface area (Å²) in [5, 5.41) is 2.88. The molecule has 3 aromatic rings. The molecule has 1 N–H and O–H groups in total. The molecular formula is C25H26N6O4S. The average molecular weight is 507 g/mol. The quantitative estimate of drug-likeness (QED) is 0.541. The number of benzene rings is 1. The van der Waals surface area contributed by atoms with E-state index < -0.39 is 0 Å². The molecule has 0 unspecified atom stereocenters. The predicted molar refractivity (Wildman–Crippen MR) is 138 cm³/mol. The summed E-state index contributed by atoms with van der Waals surface area (Å²) < 4.78 is 11.0. The summed E-state index contributed by atoms with van der Waals surface area (Å²) in [5.41, 5.74) is 4.18. The number of hydrogen-bond donors (Lipinski definition) is 1. The molecule has 2 amide bonds. The number of methoxy groups -OCH3 is 1.